The molecule has 3 rings (SSSR count). The van der Waals surface area contributed by atoms with Gasteiger partial charge in [-0.25, -0.2) is 0 Å². The topological polar surface area (TPSA) is 66.4 Å². The van der Waals surface area contributed by atoms with Crippen molar-refractivity contribution in [1.82, 2.24) is 5.32 Å². The van der Waals surface area contributed by atoms with Gasteiger partial charge in [-0.05, 0) is 43.2 Å². The van der Waals surface area contributed by atoms with E-state index in [1.54, 1.807) is 0 Å². The smallest absolute Gasteiger partial charge is 0.306 e. The fourth-order valence-electron chi connectivity index (χ4n) is 3.42. The first-order valence-electron chi connectivity index (χ1n) is 7.23. The molecule has 4 heteroatoms. The van der Waals surface area contributed by atoms with E-state index in [0.717, 1.165) is 12.8 Å². The summed E-state index contributed by atoms with van der Waals surface area (Å²) in [5.74, 6) is -1.20. The minimum Gasteiger partial charge on any atom is -0.481 e. The number of carboxylic acid groups (broad SMARTS) is 1. The van der Waals surface area contributed by atoms with Gasteiger partial charge in [0.25, 0.3) is 0 Å². The zero-order chi connectivity index (χ0) is 14.1. The Balaban J connectivity index is 1.55. The van der Waals surface area contributed by atoms with Crippen LogP contribution in [0.2, 0.25) is 0 Å². The van der Waals surface area contributed by atoms with Gasteiger partial charge in [0.1, 0.15) is 0 Å². The summed E-state index contributed by atoms with van der Waals surface area (Å²) >= 11 is 0. The van der Waals surface area contributed by atoms with Crippen LogP contribution in [0.15, 0.2) is 24.3 Å². The van der Waals surface area contributed by atoms with Gasteiger partial charge in [0.15, 0.2) is 0 Å². The SMILES string of the molecule is O=C(O)[C@H]1CC[C@@H](C(=O)NC2Cc3ccccc3C2)C1. The second-order valence-electron chi connectivity index (χ2n) is 5.93. The molecule has 0 aliphatic heterocycles. The van der Waals surface area contributed by atoms with Gasteiger partial charge in [0.05, 0.1) is 5.92 Å². The molecule has 0 radical (unpaired) electrons. The Hall–Kier alpha value is -1.84. The van der Waals surface area contributed by atoms with Crippen molar-refractivity contribution < 1.29 is 14.7 Å². The maximum atomic E-state index is 12.2. The number of hydrogen-bond donors (Lipinski definition) is 2. The summed E-state index contributed by atoms with van der Waals surface area (Å²) in [4.78, 5) is 23.1. The molecule has 0 heterocycles. The summed E-state index contributed by atoms with van der Waals surface area (Å²) in [6.45, 7) is 0. The van der Waals surface area contributed by atoms with Crippen LogP contribution in [0, 0.1) is 11.8 Å². The van der Waals surface area contributed by atoms with Gasteiger partial charge in [-0.1, -0.05) is 24.3 Å². The predicted molar refractivity (Wildman–Crippen MR) is 74.2 cm³/mol. The lowest BCUT2D eigenvalue weighted by atomic mass is 10.0. The van der Waals surface area contributed by atoms with Crippen LogP contribution in [0.1, 0.15) is 30.4 Å². The number of nitrogens with one attached hydrogen (secondary N) is 1. The van der Waals surface area contributed by atoms with Gasteiger partial charge in [-0.3, -0.25) is 9.59 Å². The van der Waals surface area contributed by atoms with Crippen molar-refractivity contribution >= 4 is 11.9 Å². The van der Waals surface area contributed by atoms with E-state index in [1.165, 1.54) is 11.1 Å². The highest BCUT2D eigenvalue weighted by molar-refractivity contribution is 5.81. The number of benzene rings is 1. The quantitative estimate of drug-likeness (QED) is 0.882. The van der Waals surface area contributed by atoms with Gasteiger partial charge in [0, 0.05) is 12.0 Å². The van der Waals surface area contributed by atoms with E-state index in [0.29, 0.717) is 19.3 Å². The lowest BCUT2D eigenvalue weighted by Gasteiger charge is -2.16. The summed E-state index contributed by atoms with van der Waals surface area (Å²) < 4.78 is 0. The molecule has 0 spiro atoms. The van der Waals surface area contributed by atoms with E-state index < -0.39 is 5.97 Å². The van der Waals surface area contributed by atoms with Crippen LogP contribution in [0.5, 0.6) is 0 Å². The van der Waals surface area contributed by atoms with Gasteiger partial charge >= 0.3 is 5.97 Å². The monoisotopic (exact) mass is 273 g/mol. The van der Waals surface area contributed by atoms with Crippen LogP contribution in [-0.4, -0.2) is 23.0 Å². The van der Waals surface area contributed by atoms with Crippen molar-refractivity contribution in [3.63, 3.8) is 0 Å². The van der Waals surface area contributed by atoms with E-state index in [4.69, 9.17) is 5.11 Å². The van der Waals surface area contributed by atoms with E-state index >= 15 is 0 Å². The van der Waals surface area contributed by atoms with Crippen LogP contribution in [0.25, 0.3) is 0 Å². The van der Waals surface area contributed by atoms with Crippen LogP contribution in [0.4, 0.5) is 0 Å². The molecule has 1 saturated carbocycles. The maximum Gasteiger partial charge on any atom is 0.306 e. The second kappa shape index (κ2) is 5.27. The molecule has 1 aromatic rings. The highest BCUT2D eigenvalue weighted by Gasteiger charge is 2.35. The third-order valence-electron chi connectivity index (χ3n) is 4.55. The van der Waals surface area contributed by atoms with E-state index in [2.05, 4.69) is 17.4 Å². The number of aliphatic carboxylic acids is 1. The molecule has 1 aromatic carbocycles. The summed E-state index contributed by atoms with van der Waals surface area (Å²) in [6, 6.07) is 8.44. The number of hydrogen-bond acceptors (Lipinski definition) is 2. The Labute approximate surface area is 118 Å². The molecule has 0 saturated heterocycles. The standard InChI is InChI=1S/C16H19NO3/c18-15(12-5-6-13(7-12)16(19)20)17-14-8-10-3-1-2-4-11(10)9-14/h1-4,12-14H,5-9H2,(H,17,18)(H,19,20)/t12-,13+/m1/s1. The molecule has 0 aromatic heterocycles. The lowest BCUT2D eigenvalue weighted by molar-refractivity contribution is -0.141. The van der Waals surface area contributed by atoms with E-state index in [-0.39, 0.29) is 23.8 Å². The fraction of sp³-hybridized carbons (Fsp3) is 0.500. The van der Waals surface area contributed by atoms with Gasteiger partial charge in [0.2, 0.25) is 5.91 Å². The number of rotatable bonds is 3. The molecule has 1 amide bonds. The van der Waals surface area contributed by atoms with Crippen molar-refractivity contribution in [3.05, 3.63) is 35.4 Å². The van der Waals surface area contributed by atoms with Gasteiger partial charge in [-0.15, -0.1) is 0 Å². The summed E-state index contributed by atoms with van der Waals surface area (Å²) in [6.07, 6.45) is 3.58. The summed E-state index contributed by atoms with van der Waals surface area (Å²) in [7, 11) is 0. The molecule has 0 bridgehead atoms. The third-order valence-corrected chi connectivity index (χ3v) is 4.55. The van der Waals surface area contributed by atoms with E-state index in [1.807, 2.05) is 12.1 Å². The number of fused-ring (bicyclic) bond motifs is 1. The first-order valence-corrected chi connectivity index (χ1v) is 7.23. The molecule has 106 valence electrons. The first kappa shape index (κ1) is 13.2. The van der Waals surface area contributed by atoms with Crippen LogP contribution in [0.3, 0.4) is 0 Å². The molecule has 20 heavy (non-hydrogen) atoms. The Morgan fingerprint density at radius 3 is 2.20 bits per heavy atom. The van der Waals surface area contributed by atoms with Crippen LogP contribution >= 0.6 is 0 Å². The van der Waals surface area contributed by atoms with Gasteiger partial charge < -0.3 is 10.4 Å². The van der Waals surface area contributed by atoms with Crippen LogP contribution in [-0.2, 0) is 22.4 Å². The Bertz CT molecular complexity index is 515. The molecular formula is C16H19NO3. The molecule has 0 unspecified atom stereocenters. The van der Waals surface area contributed by atoms with Crippen molar-refractivity contribution in [2.75, 3.05) is 0 Å². The second-order valence-corrected chi connectivity index (χ2v) is 5.93. The highest BCUT2D eigenvalue weighted by Crippen LogP contribution is 2.31. The van der Waals surface area contributed by atoms with Crippen molar-refractivity contribution in [2.24, 2.45) is 11.8 Å². The minimum absolute atomic E-state index is 0.0338. The number of carboxylic acids is 1. The van der Waals surface area contributed by atoms with Crippen molar-refractivity contribution in [1.29, 1.82) is 0 Å². The van der Waals surface area contributed by atoms with Crippen molar-refractivity contribution in [3.8, 4) is 0 Å². The molecule has 2 aliphatic rings. The zero-order valence-corrected chi connectivity index (χ0v) is 11.3. The first-order chi connectivity index (χ1) is 9.63. The number of carbonyl (C=O) groups is 2. The fourth-order valence-corrected chi connectivity index (χ4v) is 3.42. The van der Waals surface area contributed by atoms with Crippen LogP contribution < -0.4 is 5.32 Å². The largest absolute Gasteiger partial charge is 0.481 e. The Morgan fingerprint density at radius 2 is 1.65 bits per heavy atom. The average Bonchev–Trinajstić information content (AvgIpc) is 3.04. The average molecular weight is 273 g/mol. The third kappa shape index (κ3) is 2.55. The summed E-state index contributed by atoms with van der Waals surface area (Å²) in [5, 5.41) is 12.1. The predicted octanol–water partition coefficient (Wildman–Crippen LogP) is 1.77. The molecule has 2 N–H and O–H groups in total. The number of carbonyl (C=O) groups excluding carboxylic acids is 1. The highest BCUT2D eigenvalue weighted by atomic mass is 16.4. The number of amides is 1. The Morgan fingerprint density at radius 1 is 1.05 bits per heavy atom. The normalized spacial score (nSPS) is 25.4. The molecule has 2 aliphatic carbocycles. The Kier molecular flexibility index (Phi) is 3.47. The zero-order valence-electron chi connectivity index (χ0n) is 11.3. The minimum atomic E-state index is -0.770. The maximum absolute atomic E-state index is 12.2. The van der Waals surface area contributed by atoms with Crippen molar-refractivity contribution in [2.45, 2.75) is 38.1 Å². The summed E-state index contributed by atoms with van der Waals surface area (Å²) in [5.41, 5.74) is 2.63. The lowest BCUT2D eigenvalue weighted by Crippen LogP contribution is -2.38. The van der Waals surface area contributed by atoms with E-state index in [9.17, 15) is 9.59 Å². The molecule has 4 nitrogen and oxygen atoms in total. The molecular weight excluding hydrogens is 254 g/mol. The molecule has 1 fully saturated rings. The van der Waals surface area contributed by atoms with Gasteiger partial charge in [-0.2, -0.15) is 0 Å². The molecule has 2 atom stereocenters.